The van der Waals surface area contributed by atoms with Crippen molar-refractivity contribution in [1.82, 2.24) is 9.55 Å². The van der Waals surface area contributed by atoms with Gasteiger partial charge in [0.2, 0.25) is 0 Å². The molecule has 0 atom stereocenters. The van der Waals surface area contributed by atoms with Gasteiger partial charge >= 0.3 is 0 Å². The summed E-state index contributed by atoms with van der Waals surface area (Å²) in [6.45, 7) is 5.98. The van der Waals surface area contributed by atoms with Crippen LogP contribution in [0.1, 0.15) is 93.3 Å². The van der Waals surface area contributed by atoms with Crippen LogP contribution in [0.2, 0.25) is 0 Å². The van der Waals surface area contributed by atoms with Crippen LogP contribution in [0.15, 0.2) is 158 Å². The molecule has 0 spiro atoms. The first-order valence-corrected chi connectivity index (χ1v) is 20.9. The van der Waals surface area contributed by atoms with Crippen LogP contribution >= 0.6 is 0 Å². The zero-order valence-electron chi connectivity index (χ0n) is 31.7. The third-order valence-electron chi connectivity index (χ3n) is 9.72. The minimum absolute atomic E-state index is 0.0163. The third-order valence-corrected chi connectivity index (χ3v) is 12.3. The van der Waals surface area contributed by atoms with E-state index in [1.165, 1.54) is 54.8 Å². The van der Waals surface area contributed by atoms with E-state index in [1.54, 1.807) is 0 Å². The lowest BCUT2D eigenvalue weighted by molar-refractivity contribution is 0.304. The first-order chi connectivity index (χ1) is 26.1. The average molecular weight is 719 g/mol. The Morgan fingerprint density at radius 2 is 1.09 bits per heavy atom. The Labute approximate surface area is 321 Å². The van der Waals surface area contributed by atoms with Crippen molar-refractivity contribution in [3.05, 3.63) is 181 Å². The van der Waals surface area contributed by atoms with Crippen LogP contribution in [0.3, 0.4) is 0 Å². The highest BCUT2D eigenvalue weighted by Crippen LogP contribution is 2.36. The molecule has 0 aliphatic heterocycles. The van der Waals surface area contributed by atoms with Gasteiger partial charge in [-0.05, 0) is 65.2 Å². The molecule has 6 rings (SSSR count). The first-order valence-electron chi connectivity index (χ1n) is 19.5. The van der Waals surface area contributed by atoms with Gasteiger partial charge in [0.25, 0.3) is 0 Å². The topological polar surface area (TPSA) is 36.3 Å². The summed E-state index contributed by atoms with van der Waals surface area (Å²) >= 11 is 0. The molecule has 2 radical (unpaired) electrons. The highest BCUT2D eigenvalue weighted by Gasteiger charge is 2.37. The van der Waals surface area contributed by atoms with Gasteiger partial charge in [0.05, 0.1) is 42.1 Å². The molecule has 0 amide bonds. The maximum Gasteiger partial charge on any atom is 0.119 e. The van der Waals surface area contributed by atoms with Crippen molar-refractivity contribution < 1.29 is 9.47 Å². The number of nitrogens with zero attached hydrogens (tertiary/aromatic N) is 2. The first kappa shape index (κ1) is 39.4. The van der Waals surface area contributed by atoms with Crippen LogP contribution in [-0.2, 0) is 5.16 Å². The Morgan fingerprint density at radius 1 is 0.604 bits per heavy atom. The molecule has 0 fully saturated rings. The fraction of sp³-hybridized carbons (Fsp3) is 0.298. The summed E-state index contributed by atoms with van der Waals surface area (Å²) in [6.07, 6.45) is 15.5. The molecule has 53 heavy (non-hydrogen) atoms. The smallest absolute Gasteiger partial charge is 0.119 e. The molecule has 6 aromatic rings. The fourth-order valence-corrected chi connectivity index (χ4v) is 9.09. The molecule has 0 N–H and O–H groups in total. The van der Waals surface area contributed by atoms with Crippen molar-refractivity contribution in [1.29, 1.82) is 0 Å². The minimum Gasteiger partial charge on any atom is -0.494 e. The zero-order valence-corrected chi connectivity index (χ0v) is 33.1. The monoisotopic (exact) mass is 718 g/mol. The van der Waals surface area contributed by atoms with Gasteiger partial charge in [-0.15, -0.1) is 0 Å². The van der Waals surface area contributed by atoms with Crippen LogP contribution in [0, 0.1) is 0 Å². The number of imidazole rings is 1. The summed E-state index contributed by atoms with van der Waals surface area (Å²) in [5.74, 6) is 1.84. The van der Waals surface area contributed by atoms with Gasteiger partial charge in [-0.3, -0.25) is 0 Å². The quantitative estimate of drug-likeness (QED) is 0.0618. The molecule has 0 aliphatic rings. The van der Waals surface area contributed by atoms with E-state index in [-0.39, 0.29) is 11.0 Å². The number of hydrogen-bond donors (Lipinski definition) is 0. The summed E-state index contributed by atoms with van der Waals surface area (Å²) < 4.78 is 14.8. The Morgan fingerprint density at radius 3 is 1.55 bits per heavy atom. The van der Waals surface area contributed by atoms with Crippen molar-refractivity contribution in [2.24, 2.45) is 0 Å². The summed E-state index contributed by atoms with van der Waals surface area (Å²) in [4.78, 5) is 4.50. The standard InChI is InChI=1S/C34H44N2O2Si.C13H11B/c1-3-5-7-12-24-37-31-18-14-16-29(26-31)34(36-23-22-35-28-36,39-33-20-10-9-11-21-33)30-17-15-19-32(27-30)38-25-13-8-6-4-2;14-13(11-7-3-1-4-8-11)12-9-5-2-6-10-12/h9-11,14-23,26-28H,3-8,12-13,24-25,39H2,1-2H3;1-10,13H. The van der Waals surface area contributed by atoms with Crippen molar-refractivity contribution in [3.63, 3.8) is 0 Å². The average Bonchev–Trinajstić information content (AvgIpc) is 3.77. The Kier molecular flexibility index (Phi) is 16.1. The number of benzene rings is 5. The van der Waals surface area contributed by atoms with E-state index in [2.05, 4.69) is 133 Å². The predicted molar refractivity (Wildman–Crippen MR) is 226 cm³/mol. The molecule has 0 unspecified atom stereocenters. The molecule has 0 bridgehead atoms. The lowest BCUT2D eigenvalue weighted by Gasteiger charge is -2.37. The number of rotatable bonds is 19. The molecule has 0 saturated heterocycles. The lowest BCUT2D eigenvalue weighted by atomic mass is 9.76. The second kappa shape index (κ2) is 21.7. The summed E-state index contributed by atoms with van der Waals surface area (Å²) in [5, 5.41) is 1.00. The molecular weight excluding hydrogens is 663 g/mol. The number of hydrogen-bond acceptors (Lipinski definition) is 3. The minimum atomic E-state index is -0.951. The van der Waals surface area contributed by atoms with Gasteiger partial charge in [-0.2, -0.15) is 0 Å². The van der Waals surface area contributed by atoms with Gasteiger partial charge in [-0.25, -0.2) is 4.98 Å². The maximum absolute atomic E-state index is 6.27. The van der Waals surface area contributed by atoms with Crippen LogP contribution < -0.4 is 14.7 Å². The Hall–Kier alpha value is -4.81. The predicted octanol–water partition coefficient (Wildman–Crippen LogP) is 9.99. The van der Waals surface area contributed by atoms with Gasteiger partial charge < -0.3 is 14.0 Å². The lowest BCUT2D eigenvalue weighted by Crippen LogP contribution is -2.46. The maximum atomic E-state index is 6.27. The van der Waals surface area contributed by atoms with E-state index in [4.69, 9.17) is 17.3 Å². The van der Waals surface area contributed by atoms with E-state index >= 15 is 0 Å². The Balaban J connectivity index is 0.000000322. The zero-order chi connectivity index (χ0) is 37.0. The molecule has 0 aliphatic carbocycles. The van der Waals surface area contributed by atoms with Gasteiger partial charge in [0, 0.05) is 12.4 Å². The fourth-order valence-electron chi connectivity index (χ4n) is 6.77. The summed E-state index contributed by atoms with van der Waals surface area (Å²) in [5.41, 5.74) is 4.75. The van der Waals surface area contributed by atoms with Crippen LogP contribution in [0.4, 0.5) is 0 Å². The van der Waals surface area contributed by atoms with E-state index in [0.717, 1.165) is 48.7 Å². The highest BCUT2D eigenvalue weighted by atomic mass is 28.2. The van der Waals surface area contributed by atoms with E-state index < -0.39 is 9.52 Å². The van der Waals surface area contributed by atoms with Crippen LogP contribution in [-0.4, -0.2) is 40.1 Å². The SMILES string of the molecule is CCCCCCOc1cccc(C([SiH2]c2ccccc2)(c2cccc(OCCCCCC)c2)n2ccnc2)c1.[B]C(c1ccccc1)c1ccccc1. The van der Waals surface area contributed by atoms with Gasteiger partial charge in [0.1, 0.15) is 11.5 Å². The summed E-state index contributed by atoms with van der Waals surface area (Å²) in [7, 11) is 5.17. The van der Waals surface area contributed by atoms with Crippen molar-refractivity contribution in [3.8, 4) is 11.5 Å². The molecular formula is C47H55BN2O2Si. The molecule has 4 nitrogen and oxygen atoms in total. The molecule has 272 valence electrons. The van der Waals surface area contributed by atoms with Gasteiger partial charge in [-0.1, -0.05) is 173 Å². The normalized spacial score (nSPS) is 11.4. The molecule has 1 heterocycles. The van der Waals surface area contributed by atoms with Gasteiger partial charge in [0.15, 0.2) is 0 Å². The van der Waals surface area contributed by atoms with Crippen molar-refractivity contribution in [2.45, 2.75) is 76.2 Å². The van der Waals surface area contributed by atoms with E-state index in [0.29, 0.717) is 0 Å². The number of ether oxygens (including phenoxy) is 2. The van der Waals surface area contributed by atoms with Crippen LogP contribution in [0.5, 0.6) is 11.5 Å². The Bertz CT molecular complexity index is 1760. The second-order valence-corrected chi connectivity index (χ2v) is 15.9. The van der Waals surface area contributed by atoms with E-state index in [1.807, 2.05) is 48.9 Å². The van der Waals surface area contributed by atoms with Crippen molar-refractivity contribution in [2.75, 3.05) is 13.2 Å². The number of aromatic nitrogens is 2. The molecule has 1 aromatic heterocycles. The van der Waals surface area contributed by atoms with Crippen LogP contribution in [0.25, 0.3) is 0 Å². The third kappa shape index (κ3) is 11.6. The molecule has 0 saturated carbocycles. The van der Waals surface area contributed by atoms with Crippen molar-refractivity contribution >= 4 is 22.6 Å². The number of unbranched alkanes of at least 4 members (excludes halogenated alkanes) is 6. The highest BCUT2D eigenvalue weighted by molar-refractivity contribution is 6.57. The molecule has 5 aromatic carbocycles. The largest absolute Gasteiger partial charge is 0.494 e. The van der Waals surface area contributed by atoms with E-state index in [9.17, 15) is 0 Å². The second-order valence-electron chi connectivity index (χ2n) is 13.7. The molecule has 6 heteroatoms. The summed E-state index contributed by atoms with van der Waals surface area (Å²) in [6, 6.07) is 48.6.